The number of rotatable bonds is 5. The van der Waals surface area contributed by atoms with Crippen LogP contribution in [0.3, 0.4) is 0 Å². The zero-order valence-corrected chi connectivity index (χ0v) is 13.6. The number of hydrogen-bond acceptors (Lipinski definition) is 4. The molecule has 0 radical (unpaired) electrons. The summed E-state index contributed by atoms with van der Waals surface area (Å²) in [6.07, 6.45) is -0.290. The van der Waals surface area contributed by atoms with Gasteiger partial charge >= 0.3 is 0 Å². The Morgan fingerprint density at radius 2 is 2.00 bits per heavy atom. The number of nitrogens with zero attached hydrogens (tertiary/aromatic N) is 1. The zero-order valence-electron chi connectivity index (χ0n) is 11.2. The van der Waals surface area contributed by atoms with Crippen LogP contribution in [0.5, 0.6) is 0 Å². The number of aromatic nitrogens is 2. The smallest absolute Gasteiger partial charge is 0.144 e. The minimum Gasteiger partial charge on any atom is -0.378 e. The van der Waals surface area contributed by atoms with Gasteiger partial charge in [0.2, 0.25) is 0 Å². The Kier molecular flexibility index (Phi) is 5.42. The summed E-state index contributed by atoms with van der Waals surface area (Å²) in [7, 11) is 3.28. The number of nitrogens with one attached hydrogen (secondary N) is 1. The third-order valence-electron chi connectivity index (χ3n) is 2.83. The number of benzene rings is 1. The van der Waals surface area contributed by atoms with Crippen LogP contribution in [0.25, 0.3) is 0 Å². The molecule has 0 aliphatic carbocycles. The van der Waals surface area contributed by atoms with E-state index in [0.717, 1.165) is 15.7 Å². The molecule has 0 amide bonds. The highest BCUT2D eigenvalue weighted by Crippen LogP contribution is 2.25. The molecule has 1 N–H and O–H groups in total. The van der Waals surface area contributed by atoms with Crippen molar-refractivity contribution in [3.63, 3.8) is 0 Å². The third kappa shape index (κ3) is 3.32. The highest BCUT2D eigenvalue weighted by Gasteiger charge is 2.17. The lowest BCUT2D eigenvalue weighted by atomic mass is 10.1. The van der Waals surface area contributed by atoms with Gasteiger partial charge in [0.1, 0.15) is 16.6 Å². The van der Waals surface area contributed by atoms with Crippen LogP contribution in [0.4, 0.5) is 0 Å². The van der Waals surface area contributed by atoms with Gasteiger partial charge in [0.05, 0.1) is 16.8 Å². The van der Waals surface area contributed by atoms with E-state index in [-0.39, 0.29) is 6.10 Å². The van der Waals surface area contributed by atoms with E-state index in [4.69, 9.17) is 21.7 Å². The van der Waals surface area contributed by atoms with Crippen molar-refractivity contribution in [1.29, 1.82) is 0 Å². The van der Waals surface area contributed by atoms with E-state index in [1.807, 2.05) is 30.3 Å². The molecule has 1 unspecified atom stereocenters. The fourth-order valence-electron chi connectivity index (χ4n) is 1.93. The van der Waals surface area contributed by atoms with Crippen molar-refractivity contribution in [3.8, 4) is 0 Å². The molecule has 1 aromatic heterocycles. The number of halogens is 1. The first-order chi connectivity index (χ1) is 9.67. The number of H-pyrrole nitrogens is 1. The van der Waals surface area contributed by atoms with Gasteiger partial charge in [-0.2, -0.15) is 0 Å². The minimum absolute atomic E-state index is 0.290. The number of aromatic amines is 1. The Labute approximate surface area is 131 Å². The van der Waals surface area contributed by atoms with Crippen molar-refractivity contribution in [3.05, 3.63) is 56.5 Å². The first-order valence-electron chi connectivity index (χ1n) is 6.02. The van der Waals surface area contributed by atoms with Gasteiger partial charge in [-0.05, 0) is 21.5 Å². The fraction of sp³-hybridized carbons (Fsp3) is 0.286. The quantitative estimate of drug-likeness (QED) is 0.830. The second kappa shape index (κ2) is 7.08. The van der Waals surface area contributed by atoms with Gasteiger partial charge in [-0.1, -0.05) is 42.5 Å². The lowest BCUT2D eigenvalue weighted by molar-refractivity contribution is 0.127. The maximum absolute atomic E-state index is 5.55. The number of hydrogen-bond donors (Lipinski definition) is 1. The molecule has 4 nitrogen and oxygen atoms in total. The molecule has 1 atom stereocenters. The van der Waals surface area contributed by atoms with Gasteiger partial charge in [-0.15, -0.1) is 0 Å². The third-order valence-corrected chi connectivity index (χ3v) is 4.24. The van der Waals surface area contributed by atoms with Crippen LogP contribution in [-0.4, -0.2) is 24.2 Å². The standard InChI is InChI=1S/C14H15BrN2O2S/c1-18-8-10-11(15)14(20)17-13(16-10)12(19-2)9-6-4-3-5-7-9/h3-7,12H,8H2,1-2H3,(H,16,17,20). The van der Waals surface area contributed by atoms with E-state index in [1.165, 1.54) is 0 Å². The molecule has 1 heterocycles. The van der Waals surface area contributed by atoms with Gasteiger partial charge < -0.3 is 14.5 Å². The minimum atomic E-state index is -0.290. The van der Waals surface area contributed by atoms with E-state index in [0.29, 0.717) is 17.1 Å². The van der Waals surface area contributed by atoms with Crippen molar-refractivity contribution in [2.75, 3.05) is 14.2 Å². The highest BCUT2D eigenvalue weighted by molar-refractivity contribution is 9.10. The summed E-state index contributed by atoms with van der Waals surface area (Å²) < 4.78 is 12.0. The van der Waals surface area contributed by atoms with Crippen LogP contribution in [0.2, 0.25) is 0 Å². The Balaban J connectivity index is 2.48. The zero-order chi connectivity index (χ0) is 14.5. The maximum atomic E-state index is 5.55. The topological polar surface area (TPSA) is 47.1 Å². The lowest BCUT2D eigenvalue weighted by Crippen LogP contribution is -2.11. The summed E-state index contributed by atoms with van der Waals surface area (Å²) >= 11 is 8.69. The van der Waals surface area contributed by atoms with E-state index < -0.39 is 0 Å². The molecule has 0 saturated carbocycles. The fourth-order valence-corrected chi connectivity index (χ4v) is 2.45. The van der Waals surface area contributed by atoms with Crippen LogP contribution in [0.15, 0.2) is 34.8 Å². The second-order valence-corrected chi connectivity index (χ2v) is 5.36. The van der Waals surface area contributed by atoms with Crippen molar-refractivity contribution in [2.24, 2.45) is 0 Å². The molecule has 106 valence electrons. The molecule has 2 rings (SSSR count). The monoisotopic (exact) mass is 354 g/mol. The Bertz CT molecular complexity index is 631. The van der Waals surface area contributed by atoms with Crippen molar-refractivity contribution in [1.82, 2.24) is 9.97 Å². The number of methoxy groups -OCH3 is 2. The molecule has 1 aromatic carbocycles. The summed E-state index contributed by atoms with van der Waals surface area (Å²) in [6.45, 7) is 0.422. The van der Waals surface area contributed by atoms with E-state index in [2.05, 4.69) is 25.9 Å². The average molecular weight is 355 g/mol. The van der Waals surface area contributed by atoms with E-state index in [1.54, 1.807) is 14.2 Å². The Morgan fingerprint density at radius 3 is 2.60 bits per heavy atom. The first kappa shape index (κ1) is 15.3. The molecule has 0 saturated heterocycles. The summed E-state index contributed by atoms with van der Waals surface area (Å²) in [4.78, 5) is 7.62. The van der Waals surface area contributed by atoms with Gasteiger partial charge in [-0.25, -0.2) is 4.98 Å². The first-order valence-corrected chi connectivity index (χ1v) is 7.22. The van der Waals surface area contributed by atoms with Gasteiger partial charge in [-0.3, -0.25) is 0 Å². The summed E-state index contributed by atoms with van der Waals surface area (Å²) in [5, 5.41) is 0. The second-order valence-electron chi connectivity index (χ2n) is 4.18. The normalized spacial score (nSPS) is 12.3. The molecular formula is C14H15BrN2O2S. The molecule has 0 aliphatic heterocycles. The van der Waals surface area contributed by atoms with E-state index in [9.17, 15) is 0 Å². The average Bonchev–Trinajstić information content (AvgIpc) is 2.46. The summed E-state index contributed by atoms with van der Waals surface area (Å²) in [5.74, 6) is 0.666. The van der Waals surface area contributed by atoms with Gasteiger partial charge in [0.25, 0.3) is 0 Å². The molecule has 20 heavy (non-hydrogen) atoms. The molecule has 0 bridgehead atoms. The Hall–Kier alpha value is -1.08. The van der Waals surface area contributed by atoms with Gasteiger partial charge in [0.15, 0.2) is 0 Å². The highest BCUT2D eigenvalue weighted by atomic mass is 79.9. The van der Waals surface area contributed by atoms with Crippen LogP contribution in [0.1, 0.15) is 23.2 Å². The molecule has 0 spiro atoms. The maximum Gasteiger partial charge on any atom is 0.144 e. The van der Waals surface area contributed by atoms with Crippen LogP contribution in [-0.2, 0) is 16.1 Å². The molecule has 6 heteroatoms. The molecule has 2 aromatic rings. The predicted molar refractivity (Wildman–Crippen MR) is 83.1 cm³/mol. The number of ether oxygens (including phenoxy) is 2. The summed E-state index contributed by atoms with van der Waals surface area (Å²) in [5.41, 5.74) is 1.86. The lowest BCUT2D eigenvalue weighted by Gasteiger charge is -2.17. The Morgan fingerprint density at radius 1 is 1.30 bits per heavy atom. The van der Waals surface area contributed by atoms with Crippen molar-refractivity contribution >= 4 is 28.1 Å². The SMILES string of the molecule is COCc1[nH]c(C(OC)c2ccccc2)nc(=S)c1Br. The van der Waals surface area contributed by atoms with Crippen LogP contribution in [0, 0.1) is 4.64 Å². The molecular weight excluding hydrogens is 340 g/mol. The summed E-state index contributed by atoms with van der Waals surface area (Å²) in [6, 6.07) is 9.87. The van der Waals surface area contributed by atoms with Gasteiger partial charge in [0, 0.05) is 14.2 Å². The van der Waals surface area contributed by atoms with Crippen molar-refractivity contribution < 1.29 is 9.47 Å². The van der Waals surface area contributed by atoms with Crippen molar-refractivity contribution in [2.45, 2.75) is 12.7 Å². The largest absolute Gasteiger partial charge is 0.378 e. The van der Waals surface area contributed by atoms with E-state index >= 15 is 0 Å². The van der Waals surface area contributed by atoms with Crippen LogP contribution >= 0.6 is 28.1 Å². The predicted octanol–water partition coefficient (Wildman–Crippen LogP) is 3.78. The molecule has 0 aliphatic rings. The molecule has 0 fully saturated rings. The van der Waals surface area contributed by atoms with Crippen LogP contribution < -0.4 is 0 Å².